The van der Waals surface area contributed by atoms with Crippen molar-refractivity contribution in [3.8, 4) is 11.4 Å². The summed E-state index contributed by atoms with van der Waals surface area (Å²) in [4.78, 5) is 9.13. The molecule has 1 saturated heterocycles. The Morgan fingerprint density at radius 3 is 2.27 bits per heavy atom. The number of hydrogen-bond acceptors (Lipinski definition) is 4. The minimum atomic E-state index is 0.491. The average Bonchev–Trinajstić information content (AvgIpc) is 3.16. The summed E-state index contributed by atoms with van der Waals surface area (Å²) in [5, 5.41) is 4.51. The van der Waals surface area contributed by atoms with Gasteiger partial charge in [-0.05, 0) is 38.4 Å². The molecular weight excluding hydrogens is 274 g/mol. The fourth-order valence-electron chi connectivity index (χ4n) is 3.14. The fraction of sp³-hybridized carbons (Fsp3) is 0.529. The summed E-state index contributed by atoms with van der Waals surface area (Å²) in [5.41, 5.74) is 2.44. The van der Waals surface area contributed by atoms with Crippen LogP contribution in [0.15, 0.2) is 24.3 Å². The molecule has 5 heteroatoms. The lowest BCUT2D eigenvalue weighted by Gasteiger charge is -2.24. The molecule has 0 bridgehead atoms. The van der Waals surface area contributed by atoms with E-state index in [1.54, 1.807) is 0 Å². The van der Waals surface area contributed by atoms with Crippen molar-refractivity contribution in [1.29, 1.82) is 0 Å². The van der Waals surface area contributed by atoms with Gasteiger partial charge in [0.2, 0.25) is 5.95 Å². The maximum absolute atomic E-state index is 4.60. The number of aromatic nitrogens is 3. The van der Waals surface area contributed by atoms with Crippen LogP contribution in [0.3, 0.4) is 0 Å². The highest BCUT2D eigenvalue weighted by molar-refractivity contribution is 5.57. The van der Waals surface area contributed by atoms with Crippen LogP contribution in [0.2, 0.25) is 0 Å². The molecule has 1 aromatic heterocycles. The second-order valence-electron chi connectivity index (χ2n) is 6.29. The maximum Gasteiger partial charge on any atom is 0.223 e. The first-order chi connectivity index (χ1) is 10.6. The summed E-state index contributed by atoms with van der Waals surface area (Å²) in [7, 11) is 5.89. The number of benzene rings is 1. The third-order valence-corrected chi connectivity index (χ3v) is 4.48. The number of likely N-dealkylation sites (tertiary alicyclic amines) is 1. The minimum absolute atomic E-state index is 0.491. The second-order valence-corrected chi connectivity index (χ2v) is 6.29. The van der Waals surface area contributed by atoms with E-state index >= 15 is 0 Å². The van der Waals surface area contributed by atoms with Gasteiger partial charge in [-0.3, -0.25) is 4.90 Å². The van der Waals surface area contributed by atoms with Crippen LogP contribution < -0.4 is 4.90 Å². The van der Waals surface area contributed by atoms with Gasteiger partial charge in [0.25, 0.3) is 0 Å². The fourth-order valence-corrected chi connectivity index (χ4v) is 3.14. The SMILES string of the molecule is C[C@@H](c1ccc(-c2nc(N(C)C)n(C)n2)cc1)N1CCCC1. The maximum atomic E-state index is 4.60. The van der Waals surface area contributed by atoms with Gasteiger partial charge < -0.3 is 4.90 Å². The van der Waals surface area contributed by atoms with Gasteiger partial charge in [0.15, 0.2) is 5.82 Å². The highest BCUT2D eigenvalue weighted by Gasteiger charge is 2.19. The minimum Gasteiger partial charge on any atom is -0.347 e. The monoisotopic (exact) mass is 299 g/mol. The lowest BCUT2D eigenvalue weighted by atomic mass is 10.0. The van der Waals surface area contributed by atoms with Gasteiger partial charge in [-0.25, -0.2) is 4.68 Å². The zero-order valence-electron chi connectivity index (χ0n) is 14.0. The lowest BCUT2D eigenvalue weighted by molar-refractivity contribution is 0.263. The van der Waals surface area contributed by atoms with Crippen molar-refractivity contribution in [3.05, 3.63) is 29.8 Å². The smallest absolute Gasteiger partial charge is 0.223 e. The number of nitrogens with zero attached hydrogens (tertiary/aromatic N) is 5. The quantitative estimate of drug-likeness (QED) is 0.870. The largest absolute Gasteiger partial charge is 0.347 e. The Morgan fingerprint density at radius 1 is 1.09 bits per heavy atom. The molecule has 5 nitrogen and oxygen atoms in total. The normalized spacial score (nSPS) is 16.9. The molecule has 2 heterocycles. The average molecular weight is 299 g/mol. The predicted octanol–water partition coefficient (Wildman–Crippen LogP) is 2.70. The third kappa shape index (κ3) is 2.86. The predicted molar refractivity (Wildman–Crippen MR) is 90.0 cm³/mol. The molecule has 22 heavy (non-hydrogen) atoms. The van der Waals surface area contributed by atoms with Gasteiger partial charge in [-0.1, -0.05) is 24.3 Å². The van der Waals surface area contributed by atoms with Gasteiger partial charge in [0.05, 0.1) is 0 Å². The molecule has 1 aromatic carbocycles. The molecule has 0 saturated carbocycles. The molecule has 2 aromatic rings. The third-order valence-electron chi connectivity index (χ3n) is 4.48. The van der Waals surface area contributed by atoms with Gasteiger partial charge in [0.1, 0.15) is 0 Å². The van der Waals surface area contributed by atoms with Gasteiger partial charge in [-0.2, -0.15) is 4.98 Å². The zero-order chi connectivity index (χ0) is 15.7. The molecule has 1 aliphatic heterocycles. The summed E-state index contributed by atoms with van der Waals surface area (Å²) in [6.45, 7) is 4.73. The Morgan fingerprint density at radius 2 is 1.73 bits per heavy atom. The number of anilines is 1. The number of aryl methyl sites for hydroxylation is 1. The summed E-state index contributed by atoms with van der Waals surface area (Å²) >= 11 is 0. The van der Waals surface area contributed by atoms with Crippen molar-refractivity contribution in [2.75, 3.05) is 32.1 Å². The molecule has 1 fully saturated rings. The van der Waals surface area contributed by atoms with Gasteiger partial charge >= 0.3 is 0 Å². The topological polar surface area (TPSA) is 37.2 Å². The zero-order valence-corrected chi connectivity index (χ0v) is 14.0. The van der Waals surface area contributed by atoms with Crippen molar-refractivity contribution in [2.24, 2.45) is 7.05 Å². The van der Waals surface area contributed by atoms with E-state index in [1.807, 2.05) is 30.7 Å². The first-order valence-corrected chi connectivity index (χ1v) is 7.99. The standard InChI is InChI=1S/C17H25N5/c1-13(22-11-5-6-12-22)14-7-9-15(10-8-14)16-18-17(20(2)3)21(4)19-16/h7-10,13H,5-6,11-12H2,1-4H3/t13-/m0/s1. The Labute approximate surface area is 132 Å². The number of hydrogen-bond donors (Lipinski definition) is 0. The van der Waals surface area contributed by atoms with Crippen molar-refractivity contribution in [3.63, 3.8) is 0 Å². The second kappa shape index (κ2) is 6.08. The molecule has 0 amide bonds. The van der Waals surface area contributed by atoms with Crippen LogP contribution in [0.25, 0.3) is 11.4 Å². The molecule has 0 aliphatic carbocycles. The van der Waals surface area contributed by atoms with E-state index in [9.17, 15) is 0 Å². The Hall–Kier alpha value is -1.88. The Balaban J connectivity index is 1.80. The van der Waals surface area contributed by atoms with Gasteiger partial charge in [-0.15, -0.1) is 5.10 Å². The Kier molecular flexibility index (Phi) is 4.16. The summed E-state index contributed by atoms with van der Waals surface area (Å²) < 4.78 is 1.82. The van der Waals surface area contributed by atoms with Crippen LogP contribution in [-0.2, 0) is 7.05 Å². The molecule has 0 spiro atoms. The highest BCUT2D eigenvalue weighted by Crippen LogP contribution is 2.26. The lowest BCUT2D eigenvalue weighted by Crippen LogP contribution is -2.23. The Bertz CT molecular complexity index is 623. The van der Waals surface area contributed by atoms with Crippen molar-refractivity contribution in [2.45, 2.75) is 25.8 Å². The van der Waals surface area contributed by atoms with Gasteiger partial charge in [0, 0.05) is 32.7 Å². The van der Waals surface area contributed by atoms with E-state index in [0.29, 0.717) is 6.04 Å². The summed E-state index contributed by atoms with van der Waals surface area (Å²) in [6.07, 6.45) is 2.65. The number of rotatable bonds is 4. The van der Waals surface area contributed by atoms with E-state index in [2.05, 4.69) is 46.2 Å². The van der Waals surface area contributed by atoms with Crippen LogP contribution in [0.5, 0.6) is 0 Å². The summed E-state index contributed by atoms with van der Waals surface area (Å²) in [6, 6.07) is 9.19. The molecule has 3 rings (SSSR count). The molecular formula is C17H25N5. The van der Waals surface area contributed by atoms with Crippen LogP contribution in [0.1, 0.15) is 31.4 Å². The molecule has 0 N–H and O–H groups in total. The van der Waals surface area contributed by atoms with Crippen LogP contribution in [0.4, 0.5) is 5.95 Å². The molecule has 1 atom stereocenters. The van der Waals surface area contributed by atoms with Crippen LogP contribution >= 0.6 is 0 Å². The van der Waals surface area contributed by atoms with Crippen molar-refractivity contribution in [1.82, 2.24) is 19.7 Å². The first-order valence-electron chi connectivity index (χ1n) is 7.99. The van der Waals surface area contributed by atoms with Crippen molar-refractivity contribution < 1.29 is 0 Å². The molecule has 118 valence electrons. The van der Waals surface area contributed by atoms with E-state index < -0.39 is 0 Å². The molecule has 0 radical (unpaired) electrons. The van der Waals surface area contributed by atoms with E-state index in [4.69, 9.17) is 0 Å². The van der Waals surface area contributed by atoms with Crippen molar-refractivity contribution >= 4 is 5.95 Å². The molecule has 1 aliphatic rings. The first kappa shape index (κ1) is 15.0. The molecule has 0 unspecified atom stereocenters. The summed E-state index contributed by atoms with van der Waals surface area (Å²) in [5.74, 6) is 1.65. The van der Waals surface area contributed by atoms with E-state index in [-0.39, 0.29) is 0 Å². The van der Waals surface area contributed by atoms with Crippen LogP contribution in [0, 0.1) is 0 Å². The van der Waals surface area contributed by atoms with Crippen LogP contribution in [-0.4, -0.2) is 46.8 Å². The highest BCUT2D eigenvalue weighted by atomic mass is 15.4. The van der Waals surface area contributed by atoms with E-state index in [0.717, 1.165) is 17.3 Å². The van der Waals surface area contributed by atoms with E-state index in [1.165, 1.54) is 31.5 Å².